The smallest absolute Gasteiger partial charge is 0.151 e. The number of para-hydroxylation sites is 4. The number of aryl methyl sites for hydroxylation is 1. The zero-order chi connectivity index (χ0) is 24.3. The van der Waals surface area contributed by atoms with Gasteiger partial charge in [-0.25, -0.2) is 0 Å². The number of nitrogens with zero attached hydrogens (tertiary/aromatic N) is 1. The van der Waals surface area contributed by atoms with Gasteiger partial charge in [0.05, 0.1) is 11.4 Å². The Kier molecular flexibility index (Phi) is 7.07. The maximum atomic E-state index is 6.13. The Hall–Kier alpha value is -2.74. The number of unbranched alkanes of at least 4 members (excludes halogenated alkanes) is 1. The second-order valence-corrected chi connectivity index (χ2v) is 12.1. The summed E-state index contributed by atoms with van der Waals surface area (Å²) in [4.78, 5) is 2.41. The van der Waals surface area contributed by atoms with E-state index in [0.717, 1.165) is 42.3 Å². The van der Waals surface area contributed by atoms with Gasteiger partial charge in [0.25, 0.3) is 0 Å². The fourth-order valence-corrected chi connectivity index (χ4v) is 5.07. The van der Waals surface area contributed by atoms with Crippen molar-refractivity contribution in [2.24, 2.45) is 10.8 Å². The van der Waals surface area contributed by atoms with Crippen molar-refractivity contribution in [2.75, 3.05) is 11.4 Å². The van der Waals surface area contributed by atoms with Crippen LogP contribution in [0, 0.1) is 10.8 Å². The van der Waals surface area contributed by atoms with Crippen LogP contribution in [0.5, 0.6) is 11.5 Å². The molecule has 1 aliphatic rings. The van der Waals surface area contributed by atoms with Crippen molar-refractivity contribution in [3.63, 3.8) is 0 Å². The molecule has 0 saturated carbocycles. The fraction of sp³-hybridized carbons (Fsp3) is 0.438. The SMILES string of the molecule is CC(C)(C)CC(c1ccc(CCCCN2c3ccccc3Oc3ccccc32)cc1)C(C)(C)C. The summed E-state index contributed by atoms with van der Waals surface area (Å²) in [7, 11) is 0. The third kappa shape index (κ3) is 5.84. The first kappa shape index (κ1) is 24.4. The third-order valence-corrected chi connectivity index (χ3v) is 6.87. The Morgan fingerprint density at radius 1 is 0.706 bits per heavy atom. The van der Waals surface area contributed by atoms with Gasteiger partial charge in [0.15, 0.2) is 11.5 Å². The van der Waals surface area contributed by atoms with Crippen LogP contribution in [0.15, 0.2) is 72.8 Å². The highest BCUT2D eigenvalue weighted by Gasteiger charge is 2.30. The number of rotatable bonds is 7. The molecule has 0 aromatic heterocycles. The maximum Gasteiger partial charge on any atom is 0.151 e. The summed E-state index contributed by atoms with van der Waals surface area (Å²) >= 11 is 0. The van der Waals surface area contributed by atoms with Gasteiger partial charge in [0.2, 0.25) is 0 Å². The van der Waals surface area contributed by atoms with Gasteiger partial charge in [-0.2, -0.15) is 0 Å². The molecule has 0 saturated heterocycles. The number of hydrogen-bond donors (Lipinski definition) is 0. The lowest BCUT2D eigenvalue weighted by Gasteiger charge is -2.36. The first-order chi connectivity index (χ1) is 16.1. The van der Waals surface area contributed by atoms with Gasteiger partial charge in [-0.15, -0.1) is 0 Å². The highest BCUT2D eigenvalue weighted by atomic mass is 16.5. The number of fused-ring (bicyclic) bond motifs is 2. The van der Waals surface area contributed by atoms with Crippen LogP contribution in [0.3, 0.4) is 0 Å². The van der Waals surface area contributed by atoms with Crippen LogP contribution in [-0.4, -0.2) is 6.54 Å². The molecule has 180 valence electrons. The van der Waals surface area contributed by atoms with E-state index in [-0.39, 0.29) is 5.41 Å². The van der Waals surface area contributed by atoms with Crippen molar-refractivity contribution >= 4 is 11.4 Å². The number of anilines is 2. The van der Waals surface area contributed by atoms with Crippen molar-refractivity contribution in [3.05, 3.63) is 83.9 Å². The summed E-state index contributed by atoms with van der Waals surface area (Å²) in [5.41, 5.74) is 5.84. The summed E-state index contributed by atoms with van der Waals surface area (Å²) in [5, 5.41) is 0. The van der Waals surface area contributed by atoms with Gasteiger partial charge >= 0.3 is 0 Å². The summed E-state index contributed by atoms with van der Waals surface area (Å²) in [6, 6.07) is 26.2. The number of benzene rings is 3. The fourth-order valence-electron chi connectivity index (χ4n) is 5.07. The predicted molar refractivity (Wildman–Crippen MR) is 146 cm³/mol. The molecule has 3 aromatic carbocycles. The van der Waals surface area contributed by atoms with Crippen molar-refractivity contribution in [3.8, 4) is 11.5 Å². The molecule has 0 spiro atoms. The molecule has 1 heterocycles. The first-order valence-electron chi connectivity index (χ1n) is 12.8. The van der Waals surface area contributed by atoms with E-state index in [9.17, 15) is 0 Å². The molecular formula is C32H41NO. The molecule has 0 radical (unpaired) electrons. The molecule has 2 heteroatoms. The van der Waals surface area contributed by atoms with E-state index in [1.807, 2.05) is 12.1 Å². The van der Waals surface area contributed by atoms with Crippen LogP contribution < -0.4 is 9.64 Å². The minimum Gasteiger partial charge on any atom is -0.453 e. The van der Waals surface area contributed by atoms with Crippen molar-refractivity contribution in [1.82, 2.24) is 0 Å². The summed E-state index contributed by atoms with van der Waals surface area (Å²) in [6.45, 7) is 15.2. The average molecular weight is 456 g/mol. The van der Waals surface area contributed by atoms with Crippen LogP contribution in [-0.2, 0) is 6.42 Å². The Bertz CT molecular complexity index is 1040. The molecule has 1 atom stereocenters. The maximum absolute atomic E-state index is 6.13. The van der Waals surface area contributed by atoms with Gasteiger partial charge in [0.1, 0.15) is 0 Å². The van der Waals surface area contributed by atoms with Gasteiger partial charge in [-0.1, -0.05) is 90.1 Å². The van der Waals surface area contributed by atoms with Crippen LogP contribution in [0.2, 0.25) is 0 Å². The monoisotopic (exact) mass is 455 g/mol. The van der Waals surface area contributed by atoms with Crippen molar-refractivity contribution in [1.29, 1.82) is 0 Å². The van der Waals surface area contributed by atoms with Crippen LogP contribution >= 0.6 is 0 Å². The molecule has 0 aliphatic carbocycles. The van der Waals surface area contributed by atoms with E-state index in [4.69, 9.17) is 4.74 Å². The van der Waals surface area contributed by atoms with E-state index in [1.54, 1.807) is 0 Å². The summed E-state index contributed by atoms with van der Waals surface area (Å²) < 4.78 is 6.13. The molecule has 0 N–H and O–H groups in total. The largest absolute Gasteiger partial charge is 0.453 e. The Morgan fingerprint density at radius 2 is 1.26 bits per heavy atom. The van der Waals surface area contributed by atoms with E-state index >= 15 is 0 Å². The molecule has 1 aliphatic heterocycles. The number of hydrogen-bond acceptors (Lipinski definition) is 2. The van der Waals surface area contributed by atoms with Crippen molar-refractivity contribution in [2.45, 2.75) is 73.1 Å². The lowest BCUT2D eigenvalue weighted by Crippen LogP contribution is -2.23. The Labute approximate surface area is 207 Å². The van der Waals surface area contributed by atoms with Crippen molar-refractivity contribution < 1.29 is 4.74 Å². The average Bonchev–Trinajstić information content (AvgIpc) is 2.79. The molecule has 34 heavy (non-hydrogen) atoms. The van der Waals surface area contributed by atoms with Gasteiger partial charge in [-0.3, -0.25) is 0 Å². The zero-order valence-corrected chi connectivity index (χ0v) is 21.9. The lowest BCUT2D eigenvalue weighted by atomic mass is 9.69. The topological polar surface area (TPSA) is 12.5 Å². The van der Waals surface area contributed by atoms with Crippen LogP contribution in [0.4, 0.5) is 11.4 Å². The molecule has 0 fully saturated rings. The van der Waals surface area contributed by atoms with E-state index in [0.29, 0.717) is 11.3 Å². The minimum atomic E-state index is 0.263. The van der Waals surface area contributed by atoms with E-state index in [1.165, 1.54) is 24.0 Å². The van der Waals surface area contributed by atoms with Crippen LogP contribution in [0.25, 0.3) is 0 Å². The molecule has 3 aromatic rings. The molecule has 4 rings (SSSR count). The molecule has 0 bridgehead atoms. The molecule has 1 unspecified atom stereocenters. The van der Waals surface area contributed by atoms with Gasteiger partial charge in [-0.05, 0) is 77.8 Å². The number of ether oxygens (including phenoxy) is 1. The standard InChI is InChI=1S/C32H41NO/c1-31(2,3)23-26(32(4,5)6)25-20-18-24(19-21-25)13-11-12-22-33-27-14-7-9-16-29(27)34-30-17-10-8-15-28(30)33/h7-10,14-21,26H,11-13,22-23H2,1-6H3. The van der Waals surface area contributed by atoms with Gasteiger partial charge < -0.3 is 9.64 Å². The van der Waals surface area contributed by atoms with Gasteiger partial charge in [0, 0.05) is 6.54 Å². The highest BCUT2D eigenvalue weighted by molar-refractivity contribution is 5.77. The quantitative estimate of drug-likeness (QED) is 0.329. The Morgan fingerprint density at radius 3 is 1.79 bits per heavy atom. The third-order valence-electron chi connectivity index (χ3n) is 6.87. The molecule has 0 amide bonds. The highest BCUT2D eigenvalue weighted by Crippen LogP contribution is 2.46. The lowest BCUT2D eigenvalue weighted by molar-refractivity contribution is 0.229. The summed E-state index contributed by atoms with van der Waals surface area (Å²) in [6.07, 6.45) is 4.64. The molecule has 2 nitrogen and oxygen atoms in total. The zero-order valence-electron chi connectivity index (χ0n) is 21.9. The van der Waals surface area contributed by atoms with E-state index in [2.05, 4.69) is 107 Å². The van der Waals surface area contributed by atoms with Crippen LogP contribution in [0.1, 0.15) is 77.8 Å². The predicted octanol–water partition coefficient (Wildman–Crippen LogP) is 9.52. The van der Waals surface area contributed by atoms with E-state index < -0.39 is 0 Å². The minimum absolute atomic E-state index is 0.263. The summed E-state index contributed by atoms with van der Waals surface area (Å²) in [5.74, 6) is 2.46. The first-order valence-corrected chi connectivity index (χ1v) is 12.8. The second-order valence-electron chi connectivity index (χ2n) is 12.1. The normalized spacial score (nSPS) is 14.2. The Balaban J connectivity index is 1.38. The second kappa shape index (κ2) is 9.86. The molecular weight excluding hydrogens is 414 g/mol.